The fraction of sp³-hybridized carbons (Fsp3) is 0.200. The van der Waals surface area contributed by atoms with Crippen LogP contribution in [0, 0.1) is 5.82 Å². The molecule has 29 heavy (non-hydrogen) atoms. The average molecular weight is 404 g/mol. The molecule has 0 aliphatic carbocycles. The summed E-state index contributed by atoms with van der Waals surface area (Å²) in [5.74, 6) is 0.0993. The molecule has 0 aromatic heterocycles. The van der Waals surface area contributed by atoms with Gasteiger partial charge in [0.25, 0.3) is 11.8 Å². The van der Waals surface area contributed by atoms with Crippen LogP contribution in [-0.4, -0.2) is 39.8 Å². The third kappa shape index (κ3) is 6.42. The lowest BCUT2D eigenvalue weighted by molar-refractivity contribution is -0.128. The van der Waals surface area contributed by atoms with Crippen molar-refractivity contribution in [3.8, 4) is 23.0 Å². The first-order chi connectivity index (χ1) is 14.0. The second kappa shape index (κ2) is 10.5. The first kappa shape index (κ1) is 21.5. The summed E-state index contributed by atoms with van der Waals surface area (Å²) in [6, 6.07) is 8.54. The van der Waals surface area contributed by atoms with Crippen molar-refractivity contribution in [3.63, 3.8) is 0 Å². The van der Waals surface area contributed by atoms with Crippen LogP contribution in [0.25, 0.3) is 6.08 Å². The van der Waals surface area contributed by atoms with Crippen LogP contribution in [0.1, 0.15) is 5.56 Å². The Labute approximate surface area is 167 Å². The largest absolute Gasteiger partial charge is 0.493 e. The summed E-state index contributed by atoms with van der Waals surface area (Å²) in [7, 11) is 4.47. The minimum absolute atomic E-state index is 0.329. The minimum atomic E-state index is -0.580. The number of halogens is 1. The van der Waals surface area contributed by atoms with Crippen LogP contribution in [-0.2, 0) is 9.59 Å². The van der Waals surface area contributed by atoms with E-state index in [-0.39, 0.29) is 6.61 Å². The number of ether oxygens (including phenoxy) is 4. The SMILES string of the molecule is COc1cc(C=CC(=O)NNC(=O)COc2ccc(F)cc2)cc(OC)c1OC. The third-order valence-electron chi connectivity index (χ3n) is 3.62. The molecular formula is C20H21FN2O6. The Kier molecular flexibility index (Phi) is 7.84. The summed E-state index contributed by atoms with van der Waals surface area (Å²) in [6.45, 7) is -0.345. The number of carbonyl (C=O) groups excluding carboxylic acids is 2. The molecule has 0 bridgehead atoms. The zero-order valence-corrected chi connectivity index (χ0v) is 16.2. The fourth-order valence-corrected chi connectivity index (χ4v) is 2.26. The van der Waals surface area contributed by atoms with Gasteiger partial charge >= 0.3 is 0 Å². The Morgan fingerprint density at radius 2 is 1.59 bits per heavy atom. The highest BCUT2D eigenvalue weighted by molar-refractivity contribution is 5.93. The first-order valence-corrected chi connectivity index (χ1v) is 8.42. The summed E-state index contributed by atoms with van der Waals surface area (Å²) in [5.41, 5.74) is 5.06. The van der Waals surface area contributed by atoms with E-state index in [1.807, 2.05) is 0 Å². The zero-order chi connectivity index (χ0) is 21.2. The maximum atomic E-state index is 12.8. The van der Waals surface area contributed by atoms with E-state index in [1.54, 1.807) is 12.1 Å². The summed E-state index contributed by atoms with van der Waals surface area (Å²) in [6.07, 6.45) is 2.74. The van der Waals surface area contributed by atoms with Gasteiger partial charge in [-0.15, -0.1) is 0 Å². The van der Waals surface area contributed by atoms with E-state index in [1.165, 1.54) is 57.7 Å². The van der Waals surface area contributed by atoms with E-state index in [0.717, 1.165) is 0 Å². The van der Waals surface area contributed by atoms with Crippen LogP contribution in [0.15, 0.2) is 42.5 Å². The van der Waals surface area contributed by atoms with E-state index >= 15 is 0 Å². The number of carbonyl (C=O) groups is 2. The highest BCUT2D eigenvalue weighted by Gasteiger charge is 2.12. The summed E-state index contributed by atoms with van der Waals surface area (Å²) in [4.78, 5) is 23.6. The Morgan fingerprint density at radius 3 is 2.14 bits per heavy atom. The van der Waals surface area contributed by atoms with Gasteiger partial charge in [0.1, 0.15) is 11.6 Å². The van der Waals surface area contributed by atoms with Gasteiger partial charge in [-0.25, -0.2) is 4.39 Å². The van der Waals surface area contributed by atoms with Gasteiger partial charge < -0.3 is 18.9 Å². The molecule has 0 spiro atoms. The molecule has 2 amide bonds. The van der Waals surface area contributed by atoms with Gasteiger partial charge in [0.05, 0.1) is 21.3 Å². The molecule has 154 valence electrons. The van der Waals surface area contributed by atoms with Gasteiger partial charge in [-0.2, -0.15) is 0 Å². The molecule has 2 aromatic carbocycles. The van der Waals surface area contributed by atoms with Crippen molar-refractivity contribution in [2.24, 2.45) is 0 Å². The number of methoxy groups -OCH3 is 3. The van der Waals surface area contributed by atoms with Crippen LogP contribution in [0.2, 0.25) is 0 Å². The number of nitrogens with one attached hydrogen (secondary N) is 2. The monoisotopic (exact) mass is 404 g/mol. The van der Waals surface area contributed by atoms with Crippen molar-refractivity contribution >= 4 is 17.9 Å². The quantitative estimate of drug-likeness (QED) is 0.517. The van der Waals surface area contributed by atoms with E-state index in [4.69, 9.17) is 18.9 Å². The van der Waals surface area contributed by atoms with Crippen molar-refractivity contribution in [2.45, 2.75) is 0 Å². The summed E-state index contributed by atoms with van der Waals surface area (Å²) < 4.78 is 33.7. The number of hydrazine groups is 1. The van der Waals surface area contributed by atoms with Crippen molar-refractivity contribution in [1.29, 1.82) is 0 Å². The molecule has 0 radical (unpaired) electrons. The molecule has 8 nitrogen and oxygen atoms in total. The highest BCUT2D eigenvalue weighted by atomic mass is 19.1. The lowest BCUT2D eigenvalue weighted by atomic mass is 10.1. The summed E-state index contributed by atoms with van der Waals surface area (Å²) >= 11 is 0. The lowest BCUT2D eigenvalue weighted by Gasteiger charge is -2.12. The number of amides is 2. The molecule has 2 N–H and O–H groups in total. The van der Waals surface area contributed by atoms with Crippen LogP contribution in [0.5, 0.6) is 23.0 Å². The van der Waals surface area contributed by atoms with Crippen molar-refractivity contribution in [1.82, 2.24) is 10.9 Å². The van der Waals surface area contributed by atoms with Crippen molar-refractivity contribution < 1.29 is 32.9 Å². The molecule has 9 heteroatoms. The minimum Gasteiger partial charge on any atom is -0.493 e. The topological polar surface area (TPSA) is 95.1 Å². The van der Waals surface area contributed by atoms with Gasteiger partial charge in [0.15, 0.2) is 18.1 Å². The van der Waals surface area contributed by atoms with Crippen LogP contribution in [0.4, 0.5) is 4.39 Å². The molecule has 0 aliphatic heterocycles. The fourth-order valence-electron chi connectivity index (χ4n) is 2.26. The van der Waals surface area contributed by atoms with Crippen molar-refractivity contribution in [3.05, 3.63) is 53.9 Å². The normalized spacial score (nSPS) is 10.3. The van der Waals surface area contributed by atoms with Crippen LogP contribution in [0.3, 0.4) is 0 Å². The molecule has 0 saturated heterocycles. The number of rotatable bonds is 8. The lowest BCUT2D eigenvalue weighted by Crippen LogP contribution is -2.43. The molecule has 2 aromatic rings. The number of hydrogen-bond acceptors (Lipinski definition) is 6. The highest BCUT2D eigenvalue weighted by Crippen LogP contribution is 2.38. The van der Waals surface area contributed by atoms with Gasteiger partial charge in [0.2, 0.25) is 5.75 Å². The number of hydrogen-bond donors (Lipinski definition) is 2. The second-order valence-electron chi connectivity index (χ2n) is 5.57. The third-order valence-corrected chi connectivity index (χ3v) is 3.62. The molecule has 0 fully saturated rings. The Morgan fingerprint density at radius 1 is 0.966 bits per heavy atom. The molecule has 0 heterocycles. The maximum Gasteiger partial charge on any atom is 0.276 e. The molecule has 0 unspecified atom stereocenters. The smallest absolute Gasteiger partial charge is 0.276 e. The van der Waals surface area contributed by atoms with E-state index in [2.05, 4.69) is 10.9 Å². The second-order valence-corrected chi connectivity index (χ2v) is 5.57. The number of benzene rings is 2. The van der Waals surface area contributed by atoms with E-state index < -0.39 is 17.6 Å². The van der Waals surface area contributed by atoms with Gasteiger partial charge in [-0.3, -0.25) is 20.4 Å². The molecule has 2 rings (SSSR count). The molecule has 0 aliphatic rings. The van der Waals surface area contributed by atoms with Crippen LogP contribution >= 0.6 is 0 Å². The average Bonchev–Trinajstić information content (AvgIpc) is 2.74. The van der Waals surface area contributed by atoms with Crippen LogP contribution < -0.4 is 29.8 Å². The summed E-state index contributed by atoms with van der Waals surface area (Å²) in [5, 5.41) is 0. The zero-order valence-electron chi connectivity index (χ0n) is 16.2. The van der Waals surface area contributed by atoms with Gasteiger partial charge in [0, 0.05) is 6.08 Å². The standard InChI is InChI=1S/C20H21FN2O6/c1-26-16-10-13(11-17(27-2)20(16)28-3)4-9-18(24)22-23-19(25)12-29-15-7-5-14(21)6-8-15/h4-11H,12H2,1-3H3,(H,22,24)(H,23,25). The van der Waals surface area contributed by atoms with Gasteiger partial charge in [-0.05, 0) is 48.0 Å². The molecular weight excluding hydrogens is 383 g/mol. The Hall–Kier alpha value is -3.75. The van der Waals surface area contributed by atoms with Crippen molar-refractivity contribution in [2.75, 3.05) is 27.9 Å². The van der Waals surface area contributed by atoms with E-state index in [0.29, 0.717) is 28.6 Å². The first-order valence-electron chi connectivity index (χ1n) is 8.42. The maximum absolute atomic E-state index is 12.8. The predicted molar refractivity (Wildman–Crippen MR) is 103 cm³/mol. The molecule has 0 atom stereocenters. The Bertz CT molecular complexity index is 858. The predicted octanol–water partition coefficient (Wildman–Crippen LogP) is 2.09. The Balaban J connectivity index is 1.87. The van der Waals surface area contributed by atoms with E-state index in [9.17, 15) is 14.0 Å². The van der Waals surface area contributed by atoms with Gasteiger partial charge in [-0.1, -0.05) is 0 Å². The molecule has 0 saturated carbocycles.